The van der Waals surface area contributed by atoms with Crippen molar-refractivity contribution >= 4 is 40.7 Å². The predicted molar refractivity (Wildman–Crippen MR) is 117 cm³/mol. The molecule has 1 N–H and O–H groups in total. The molecule has 4 nitrogen and oxygen atoms in total. The Kier molecular flexibility index (Phi) is 6.12. The van der Waals surface area contributed by atoms with E-state index in [1.807, 2.05) is 4.90 Å². The van der Waals surface area contributed by atoms with Crippen LogP contribution in [0.2, 0.25) is 10.0 Å². The summed E-state index contributed by atoms with van der Waals surface area (Å²) in [6.45, 7) is 0.793. The van der Waals surface area contributed by atoms with Crippen molar-refractivity contribution in [1.29, 1.82) is 0 Å². The van der Waals surface area contributed by atoms with Crippen molar-refractivity contribution in [2.24, 2.45) is 5.92 Å². The summed E-state index contributed by atoms with van der Waals surface area (Å²) in [5.74, 6) is 0.303. The number of rotatable bonds is 3. The van der Waals surface area contributed by atoms with E-state index in [0.29, 0.717) is 38.8 Å². The fourth-order valence-corrected chi connectivity index (χ4v) is 5.12. The third-order valence-electron chi connectivity index (χ3n) is 6.08. The van der Waals surface area contributed by atoms with Gasteiger partial charge in [-0.15, -0.1) is 0 Å². The zero-order valence-corrected chi connectivity index (χ0v) is 17.7. The first-order valence-corrected chi connectivity index (χ1v) is 11.0. The Morgan fingerprint density at radius 2 is 1.66 bits per heavy atom. The first-order chi connectivity index (χ1) is 14.0. The van der Waals surface area contributed by atoms with Crippen LogP contribution < -0.4 is 5.32 Å². The maximum absolute atomic E-state index is 13.2. The van der Waals surface area contributed by atoms with Gasteiger partial charge in [0, 0.05) is 18.3 Å². The molecule has 2 aromatic carbocycles. The van der Waals surface area contributed by atoms with Crippen molar-refractivity contribution in [2.75, 3.05) is 11.9 Å². The summed E-state index contributed by atoms with van der Waals surface area (Å²) in [6.07, 6.45) is 7.02. The van der Waals surface area contributed by atoms with Gasteiger partial charge in [-0.05, 0) is 61.9 Å². The average molecular weight is 431 g/mol. The summed E-state index contributed by atoms with van der Waals surface area (Å²) < 4.78 is 0. The third kappa shape index (κ3) is 4.29. The van der Waals surface area contributed by atoms with Crippen LogP contribution in [0.25, 0.3) is 0 Å². The van der Waals surface area contributed by atoms with Gasteiger partial charge in [0.1, 0.15) is 0 Å². The molecule has 6 heteroatoms. The second-order valence-electron chi connectivity index (χ2n) is 7.88. The van der Waals surface area contributed by atoms with Crippen LogP contribution in [0.1, 0.15) is 59.2 Å². The molecule has 2 atom stereocenters. The molecular formula is C23H24Cl2N2O2. The van der Waals surface area contributed by atoms with Crippen LogP contribution in [-0.2, 0) is 0 Å². The number of nitrogens with one attached hydrogen (secondary N) is 1. The Bertz CT molecular complexity index is 929. The van der Waals surface area contributed by atoms with Gasteiger partial charge >= 0.3 is 0 Å². The Labute approximate surface area is 181 Å². The molecule has 2 fully saturated rings. The number of nitrogens with zero attached hydrogens (tertiary/aromatic N) is 1. The van der Waals surface area contributed by atoms with Crippen LogP contribution in [0.4, 0.5) is 5.69 Å². The minimum atomic E-state index is -0.313. The second kappa shape index (κ2) is 8.76. The van der Waals surface area contributed by atoms with Gasteiger partial charge in [-0.2, -0.15) is 0 Å². The first kappa shape index (κ1) is 20.2. The number of fused-ring (bicyclic) bond motifs is 1. The van der Waals surface area contributed by atoms with Gasteiger partial charge in [0.05, 0.1) is 21.2 Å². The minimum absolute atomic E-state index is 0.00409. The maximum atomic E-state index is 13.2. The maximum Gasteiger partial charge on any atom is 0.257 e. The molecular weight excluding hydrogens is 407 g/mol. The number of amides is 2. The highest BCUT2D eigenvalue weighted by Crippen LogP contribution is 2.36. The summed E-state index contributed by atoms with van der Waals surface area (Å²) in [5.41, 5.74) is 1.42. The Hall–Kier alpha value is -2.04. The summed E-state index contributed by atoms with van der Waals surface area (Å²) >= 11 is 12.5. The Morgan fingerprint density at radius 1 is 0.897 bits per heavy atom. The molecule has 1 aliphatic carbocycles. The zero-order valence-electron chi connectivity index (χ0n) is 16.2. The molecule has 0 unspecified atom stereocenters. The molecule has 29 heavy (non-hydrogen) atoms. The number of benzene rings is 2. The van der Waals surface area contributed by atoms with Gasteiger partial charge in [-0.25, -0.2) is 0 Å². The van der Waals surface area contributed by atoms with Crippen LogP contribution in [0.15, 0.2) is 42.5 Å². The molecule has 2 aliphatic rings. The number of anilines is 1. The van der Waals surface area contributed by atoms with Crippen molar-refractivity contribution in [3.8, 4) is 0 Å². The lowest BCUT2D eigenvalue weighted by atomic mass is 9.78. The van der Waals surface area contributed by atoms with Crippen LogP contribution >= 0.6 is 23.2 Å². The van der Waals surface area contributed by atoms with Crippen molar-refractivity contribution in [1.82, 2.24) is 4.90 Å². The van der Waals surface area contributed by atoms with E-state index in [9.17, 15) is 9.59 Å². The fourth-order valence-electron chi connectivity index (χ4n) is 4.64. The van der Waals surface area contributed by atoms with Gasteiger partial charge in [-0.1, -0.05) is 48.2 Å². The number of carbonyl (C=O) groups is 2. The van der Waals surface area contributed by atoms with Crippen LogP contribution in [0.5, 0.6) is 0 Å². The van der Waals surface area contributed by atoms with Gasteiger partial charge in [0.2, 0.25) is 0 Å². The molecule has 0 radical (unpaired) electrons. The van der Waals surface area contributed by atoms with E-state index in [2.05, 4.69) is 5.32 Å². The van der Waals surface area contributed by atoms with Gasteiger partial charge in [0.25, 0.3) is 11.8 Å². The molecule has 1 saturated heterocycles. The van der Waals surface area contributed by atoms with E-state index < -0.39 is 0 Å². The lowest BCUT2D eigenvalue weighted by molar-refractivity contribution is 0.0391. The van der Waals surface area contributed by atoms with Crippen molar-refractivity contribution in [3.05, 3.63) is 63.6 Å². The average Bonchev–Trinajstić information content (AvgIpc) is 2.73. The van der Waals surface area contributed by atoms with Crippen LogP contribution in [-0.4, -0.2) is 29.3 Å². The summed E-state index contributed by atoms with van der Waals surface area (Å²) in [5, 5.41) is 3.53. The second-order valence-corrected chi connectivity index (χ2v) is 8.70. The Morgan fingerprint density at radius 3 is 2.45 bits per heavy atom. The predicted octanol–water partition coefficient (Wildman–Crippen LogP) is 6.04. The Balaban J connectivity index is 1.50. The molecule has 2 aromatic rings. The van der Waals surface area contributed by atoms with Gasteiger partial charge in [-0.3, -0.25) is 9.59 Å². The van der Waals surface area contributed by atoms with Crippen LogP contribution in [0.3, 0.4) is 0 Å². The molecule has 1 saturated carbocycles. The lowest BCUT2D eigenvalue weighted by Crippen LogP contribution is -2.49. The monoisotopic (exact) mass is 430 g/mol. The topological polar surface area (TPSA) is 49.4 Å². The summed E-state index contributed by atoms with van der Waals surface area (Å²) in [7, 11) is 0. The van der Waals surface area contributed by atoms with E-state index in [0.717, 1.165) is 19.4 Å². The number of likely N-dealkylation sites (tertiary alicyclic amines) is 1. The number of carbonyl (C=O) groups excluding carboxylic acids is 2. The summed E-state index contributed by atoms with van der Waals surface area (Å²) in [4.78, 5) is 27.7. The van der Waals surface area contributed by atoms with E-state index in [4.69, 9.17) is 23.2 Å². The van der Waals surface area contributed by atoms with Gasteiger partial charge < -0.3 is 10.2 Å². The SMILES string of the molecule is O=C(Nc1ccc(C(=O)N2CCC[C@H]3CCCC[C@H]32)c(Cl)c1)c1ccccc1Cl. The molecule has 152 valence electrons. The highest BCUT2D eigenvalue weighted by molar-refractivity contribution is 6.35. The highest BCUT2D eigenvalue weighted by Gasteiger charge is 2.36. The van der Waals surface area contributed by atoms with Gasteiger partial charge in [0.15, 0.2) is 0 Å². The highest BCUT2D eigenvalue weighted by atomic mass is 35.5. The third-order valence-corrected chi connectivity index (χ3v) is 6.72. The van der Waals surface area contributed by atoms with Crippen LogP contribution in [0, 0.1) is 5.92 Å². The normalized spacial score (nSPS) is 21.4. The molecule has 0 spiro atoms. The van der Waals surface area contributed by atoms with E-state index in [1.54, 1.807) is 42.5 Å². The number of piperidine rings is 1. The smallest absolute Gasteiger partial charge is 0.257 e. The largest absolute Gasteiger partial charge is 0.335 e. The zero-order chi connectivity index (χ0) is 20.4. The minimum Gasteiger partial charge on any atom is -0.335 e. The first-order valence-electron chi connectivity index (χ1n) is 10.2. The van der Waals surface area contributed by atoms with E-state index in [1.165, 1.54) is 25.7 Å². The van der Waals surface area contributed by atoms with Crippen molar-refractivity contribution in [3.63, 3.8) is 0 Å². The standard InChI is InChI=1S/C23H24Cl2N2O2/c24-19-9-3-2-8-17(19)22(28)26-16-11-12-18(20(25)14-16)23(29)27-13-5-7-15-6-1-4-10-21(15)27/h2-3,8-9,11-12,14-15,21H,1,4-7,10,13H2,(H,26,28)/t15-,21-/m1/s1. The molecule has 1 heterocycles. The molecule has 0 aromatic heterocycles. The van der Waals surface area contributed by atoms with Crippen molar-refractivity contribution < 1.29 is 9.59 Å². The van der Waals surface area contributed by atoms with E-state index in [-0.39, 0.29) is 11.8 Å². The molecule has 0 bridgehead atoms. The molecule has 4 rings (SSSR count). The quantitative estimate of drug-likeness (QED) is 0.644. The fraction of sp³-hybridized carbons (Fsp3) is 0.391. The van der Waals surface area contributed by atoms with E-state index >= 15 is 0 Å². The molecule has 2 amide bonds. The number of hydrogen-bond acceptors (Lipinski definition) is 2. The number of hydrogen-bond donors (Lipinski definition) is 1. The summed E-state index contributed by atoms with van der Waals surface area (Å²) in [6, 6.07) is 12.2. The number of halogens is 2. The lowest BCUT2D eigenvalue weighted by Gasteiger charge is -2.44. The molecule has 1 aliphatic heterocycles. The van der Waals surface area contributed by atoms with Crippen molar-refractivity contribution in [2.45, 2.75) is 44.6 Å².